The monoisotopic (exact) mass is 380 g/mol. The van der Waals surface area contributed by atoms with E-state index in [1.165, 1.54) is 36.4 Å². The Balaban J connectivity index is 2.01. The van der Waals surface area contributed by atoms with E-state index >= 15 is 0 Å². The van der Waals surface area contributed by atoms with Crippen molar-refractivity contribution in [3.63, 3.8) is 0 Å². The van der Waals surface area contributed by atoms with Gasteiger partial charge in [-0.3, -0.25) is 19.7 Å². The van der Waals surface area contributed by atoms with E-state index in [-0.39, 0.29) is 22.0 Å². The van der Waals surface area contributed by atoms with E-state index in [1.54, 1.807) is 6.07 Å². The number of nitrogens with one attached hydrogen (secondary N) is 2. The number of anilines is 1. The third-order valence-electron chi connectivity index (χ3n) is 2.89. The normalized spacial score (nSPS) is 10.5. The lowest BCUT2D eigenvalue weighted by Gasteiger charge is -2.06. The van der Waals surface area contributed by atoms with Gasteiger partial charge in [0, 0.05) is 11.1 Å². The van der Waals surface area contributed by atoms with Crippen molar-refractivity contribution in [1.82, 2.24) is 5.43 Å². The number of hydrogen-bond acceptors (Lipinski definition) is 5. The Kier molecular flexibility index (Phi) is 6.04. The molecule has 0 saturated carbocycles. The minimum absolute atomic E-state index is 0.164. The molecule has 2 amide bonds. The number of benzene rings is 2. The minimum atomic E-state index is -1.08. The van der Waals surface area contributed by atoms with E-state index < -0.39 is 16.7 Å². The highest BCUT2D eigenvalue weighted by Crippen LogP contribution is 2.25. The second-order valence-electron chi connectivity index (χ2n) is 4.59. The lowest BCUT2D eigenvalue weighted by molar-refractivity contribution is -0.385. The number of rotatable bonds is 4. The number of carbonyl (C=O) groups excluding carboxylic acids is 2. The summed E-state index contributed by atoms with van der Waals surface area (Å²) in [5.74, 6) is -2.10. The number of para-hydroxylation sites is 1. The van der Waals surface area contributed by atoms with E-state index in [0.29, 0.717) is 5.02 Å². The lowest BCUT2D eigenvalue weighted by Crippen LogP contribution is -2.32. The molecular formula is C15H10Cl2N4O4. The molecular weight excluding hydrogens is 371 g/mol. The van der Waals surface area contributed by atoms with Gasteiger partial charge in [-0.15, -0.1) is 0 Å². The zero-order chi connectivity index (χ0) is 18.4. The molecule has 2 rings (SSSR count). The van der Waals surface area contributed by atoms with Gasteiger partial charge in [-0.05, 0) is 24.3 Å². The van der Waals surface area contributed by atoms with Crippen molar-refractivity contribution in [2.24, 2.45) is 5.10 Å². The maximum Gasteiger partial charge on any atom is 0.329 e. The molecule has 8 nitrogen and oxygen atoms in total. The van der Waals surface area contributed by atoms with E-state index in [4.69, 9.17) is 23.2 Å². The molecule has 0 aliphatic heterocycles. The van der Waals surface area contributed by atoms with Crippen LogP contribution in [-0.2, 0) is 9.59 Å². The summed E-state index contributed by atoms with van der Waals surface area (Å²) in [4.78, 5) is 33.8. The molecule has 0 aromatic heterocycles. The Bertz CT molecular complexity index is 870. The number of hydrogen-bond donors (Lipinski definition) is 2. The third-order valence-corrected chi connectivity index (χ3v) is 3.45. The SMILES string of the molecule is O=C(NN=Cc1ccccc1[N+](=O)[O-])C(=O)Nc1cc(Cl)ccc1Cl. The first-order chi connectivity index (χ1) is 11.9. The molecule has 0 aliphatic carbocycles. The van der Waals surface area contributed by atoms with Gasteiger partial charge in [0.2, 0.25) is 0 Å². The van der Waals surface area contributed by atoms with Gasteiger partial charge >= 0.3 is 11.8 Å². The summed E-state index contributed by atoms with van der Waals surface area (Å²) in [6.45, 7) is 0. The van der Waals surface area contributed by atoms with Crippen LogP contribution in [0.2, 0.25) is 10.0 Å². The number of halogens is 2. The Labute approximate surface area is 151 Å². The maximum atomic E-state index is 11.8. The summed E-state index contributed by atoms with van der Waals surface area (Å²) in [5, 5.41) is 17.2. The highest BCUT2D eigenvalue weighted by Gasteiger charge is 2.15. The van der Waals surface area contributed by atoms with Crippen LogP contribution < -0.4 is 10.7 Å². The number of carbonyl (C=O) groups is 2. The highest BCUT2D eigenvalue weighted by molar-refractivity contribution is 6.42. The number of amides is 2. The summed E-state index contributed by atoms with van der Waals surface area (Å²) in [5.41, 5.74) is 2.12. The van der Waals surface area contributed by atoms with Crippen LogP contribution in [0.5, 0.6) is 0 Å². The van der Waals surface area contributed by atoms with Crippen LogP contribution in [-0.4, -0.2) is 23.0 Å². The van der Waals surface area contributed by atoms with Gasteiger partial charge in [0.15, 0.2) is 0 Å². The molecule has 0 bridgehead atoms. The van der Waals surface area contributed by atoms with E-state index in [2.05, 4.69) is 10.4 Å². The van der Waals surface area contributed by atoms with Crippen molar-refractivity contribution < 1.29 is 14.5 Å². The summed E-state index contributed by atoms with van der Waals surface area (Å²) < 4.78 is 0. The molecule has 2 aromatic rings. The summed E-state index contributed by atoms with van der Waals surface area (Å²) in [7, 11) is 0. The molecule has 0 fully saturated rings. The Hall–Kier alpha value is -2.97. The van der Waals surface area contributed by atoms with Crippen molar-refractivity contribution in [2.75, 3.05) is 5.32 Å². The van der Waals surface area contributed by atoms with Crippen molar-refractivity contribution in [3.05, 3.63) is 68.2 Å². The quantitative estimate of drug-likeness (QED) is 0.367. The first kappa shape index (κ1) is 18.4. The molecule has 0 saturated heterocycles. The van der Waals surface area contributed by atoms with Crippen LogP contribution >= 0.6 is 23.2 Å². The number of nitro groups is 1. The summed E-state index contributed by atoms with van der Waals surface area (Å²) in [6.07, 6.45) is 1.07. The Morgan fingerprint density at radius 1 is 1.12 bits per heavy atom. The fourth-order valence-corrected chi connectivity index (χ4v) is 2.08. The van der Waals surface area contributed by atoms with Gasteiger partial charge in [-0.1, -0.05) is 35.3 Å². The number of hydrazone groups is 1. The topological polar surface area (TPSA) is 114 Å². The van der Waals surface area contributed by atoms with Crippen molar-refractivity contribution in [2.45, 2.75) is 0 Å². The largest absolute Gasteiger partial charge is 0.329 e. The van der Waals surface area contributed by atoms with Crippen molar-refractivity contribution in [3.8, 4) is 0 Å². The molecule has 0 aliphatic rings. The van der Waals surface area contributed by atoms with E-state index in [9.17, 15) is 19.7 Å². The zero-order valence-corrected chi connectivity index (χ0v) is 13.9. The molecule has 0 heterocycles. The van der Waals surface area contributed by atoms with Crippen molar-refractivity contribution in [1.29, 1.82) is 0 Å². The summed E-state index contributed by atoms with van der Waals surface area (Å²) >= 11 is 11.7. The lowest BCUT2D eigenvalue weighted by atomic mass is 10.2. The zero-order valence-electron chi connectivity index (χ0n) is 12.4. The Morgan fingerprint density at radius 2 is 1.84 bits per heavy atom. The third kappa shape index (κ3) is 5.00. The number of nitrogens with zero attached hydrogens (tertiary/aromatic N) is 2. The highest BCUT2D eigenvalue weighted by atomic mass is 35.5. The number of nitro benzene ring substituents is 1. The first-order valence-corrected chi connectivity index (χ1v) is 7.47. The van der Waals surface area contributed by atoms with E-state index in [0.717, 1.165) is 6.21 Å². The molecule has 0 radical (unpaired) electrons. The minimum Gasteiger partial charge on any atom is -0.316 e. The van der Waals surface area contributed by atoms with Crippen LogP contribution in [0.1, 0.15) is 5.56 Å². The van der Waals surface area contributed by atoms with Gasteiger partial charge in [-0.25, -0.2) is 5.43 Å². The van der Waals surface area contributed by atoms with E-state index in [1.807, 2.05) is 5.43 Å². The van der Waals surface area contributed by atoms with Gasteiger partial charge in [0.05, 0.1) is 27.4 Å². The van der Waals surface area contributed by atoms with Crippen LogP contribution in [0.25, 0.3) is 0 Å². The first-order valence-electron chi connectivity index (χ1n) is 6.71. The van der Waals surface area contributed by atoms with Crippen LogP contribution in [0.4, 0.5) is 11.4 Å². The molecule has 2 aromatic carbocycles. The van der Waals surface area contributed by atoms with Crippen LogP contribution in [0.3, 0.4) is 0 Å². The molecule has 128 valence electrons. The molecule has 10 heteroatoms. The summed E-state index contributed by atoms with van der Waals surface area (Å²) in [6, 6.07) is 10.2. The molecule has 0 atom stereocenters. The fraction of sp³-hybridized carbons (Fsp3) is 0. The van der Waals surface area contributed by atoms with Crippen LogP contribution in [0, 0.1) is 10.1 Å². The van der Waals surface area contributed by atoms with Gasteiger partial charge in [0.1, 0.15) is 0 Å². The van der Waals surface area contributed by atoms with Crippen LogP contribution in [0.15, 0.2) is 47.6 Å². The second kappa shape index (κ2) is 8.22. The standard InChI is InChI=1S/C15H10Cl2N4O4/c16-10-5-6-11(17)12(7-10)19-14(22)15(23)20-18-8-9-3-1-2-4-13(9)21(24)25/h1-8H,(H,19,22)(H,20,23). The predicted octanol–water partition coefficient (Wildman–Crippen LogP) is 2.99. The second-order valence-corrected chi connectivity index (χ2v) is 5.44. The van der Waals surface area contributed by atoms with Gasteiger partial charge < -0.3 is 5.32 Å². The van der Waals surface area contributed by atoms with Gasteiger partial charge in [-0.2, -0.15) is 5.10 Å². The molecule has 25 heavy (non-hydrogen) atoms. The molecule has 0 spiro atoms. The average molecular weight is 381 g/mol. The predicted molar refractivity (Wildman–Crippen MR) is 93.9 cm³/mol. The molecule has 2 N–H and O–H groups in total. The average Bonchev–Trinajstić information content (AvgIpc) is 2.58. The smallest absolute Gasteiger partial charge is 0.316 e. The maximum absolute atomic E-state index is 11.8. The van der Waals surface area contributed by atoms with Gasteiger partial charge in [0.25, 0.3) is 5.69 Å². The fourth-order valence-electron chi connectivity index (χ4n) is 1.75. The Morgan fingerprint density at radius 3 is 2.56 bits per heavy atom. The van der Waals surface area contributed by atoms with Crippen molar-refractivity contribution >= 4 is 52.6 Å². The molecule has 0 unspecified atom stereocenters.